The van der Waals surface area contributed by atoms with E-state index in [2.05, 4.69) is 16.0 Å². The molecule has 0 aromatic heterocycles. The van der Waals surface area contributed by atoms with Crippen LogP contribution in [0.3, 0.4) is 0 Å². The molecule has 0 unspecified atom stereocenters. The molecular weight excluding hydrogens is 365 g/mol. The average molecular weight is 383 g/mol. The number of halogens is 1. The summed E-state index contributed by atoms with van der Waals surface area (Å²) in [4.78, 5) is 44.3. The van der Waals surface area contributed by atoms with Crippen LogP contribution in [0.2, 0.25) is 0 Å². The Bertz CT molecular complexity index is 358. The van der Waals surface area contributed by atoms with E-state index in [0.29, 0.717) is 6.42 Å². The maximum absolute atomic E-state index is 11.3. The van der Waals surface area contributed by atoms with Gasteiger partial charge in [0, 0.05) is 29.0 Å². The Balaban J connectivity index is 3.72. The SMILES string of the molecule is CC(C)CC(=O)NCC(=O)NCC(=O)NCC(=O)I. The Hall–Kier alpha value is -1.19. The van der Waals surface area contributed by atoms with Crippen LogP contribution < -0.4 is 16.0 Å². The van der Waals surface area contributed by atoms with E-state index >= 15 is 0 Å². The van der Waals surface area contributed by atoms with Crippen molar-refractivity contribution in [2.45, 2.75) is 20.3 Å². The first-order valence-electron chi connectivity index (χ1n) is 5.79. The standard InChI is InChI=1S/C11H18IN3O4/c1-7(2)3-9(17)14-5-11(19)15-6-10(18)13-4-8(12)16/h7H,3-6H2,1-2H3,(H,13,18)(H,14,17)(H,15,19). The van der Waals surface area contributed by atoms with Gasteiger partial charge in [-0.3, -0.25) is 19.2 Å². The molecule has 0 heterocycles. The molecule has 0 radical (unpaired) electrons. The van der Waals surface area contributed by atoms with Crippen LogP contribution in [0.5, 0.6) is 0 Å². The van der Waals surface area contributed by atoms with Crippen LogP contribution in [0.4, 0.5) is 0 Å². The highest BCUT2D eigenvalue weighted by Crippen LogP contribution is 1.97. The second-order valence-corrected chi connectivity index (χ2v) is 5.49. The van der Waals surface area contributed by atoms with Crippen LogP contribution in [0, 0.1) is 5.92 Å². The van der Waals surface area contributed by atoms with Crippen LogP contribution in [0.1, 0.15) is 20.3 Å². The molecule has 0 spiro atoms. The predicted molar refractivity (Wildman–Crippen MR) is 77.5 cm³/mol. The van der Waals surface area contributed by atoms with Gasteiger partial charge in [0.15, 0.2) is 0 Å². The normalized spacial score (nSPS) is 9.89. The fourth-order valence-electron chi connectivity index (χ4n) is 1.09. The first-order chi connectivity index (χ1) is 8.81. The highest BCUT2D eigenvalue weighted by atomic mass is 127. The van der Waals surface area contributed by atoms with E-state index < -0.39 is 11.8 Å². The summed E-state index contributed by atoms with van der Waals surface area (Å²) in [7, 11) is 0. The minimum atomic E-state index is -0.452. The maximum Gasteiger partial charge on any atom is 0.239 e. The third-order valence-electron chi connectivity index (χ3n) is 1.91. The molecule has 0 fully saturated rings. The lowest BCUT2D eigenvalue weighted by atomic mass is 10.1. The molecule has 3 N–H and O–H groups in total. The lowest BCUT2D eigenvalue weighted by Crippen LogP contribution is -2.42. The maximum atomic E-state index is 11.3. The molecule has 3 amide bonds. The highest BCUT2D eigenvalue weighted by Gasteiger charge is 2.09. The van der Waals surface area contributed by atoms with E-state index in [4.69, 9.17) is 0 Å². The second-order valence-electron chi connectivity index (χ2n) is 4.28. The van der Waals surface area contributed by atoms with Crippen molar-refractivity contribution in [1.82, 2.24) is 16.0 Å². The van der Waals surface area contributed by atoms with Gasteiger partial charge < -0.3 is 16.0 Å². The summed E-state index contributed by atoms with van der Waals surface area (Å²) in [5.41, 5.74) is 0. The molecule has 19 heavy (non-hydrogen) atoms. The molecule has 8 heteroatoms. The zero-order valence-electron chi connectivity index (χ0n) is 10.9. The van der Waals surface area contributed by atoms with Crippen molar-refractivity contribution in [1.29, 1.82) is 0 Å². The van der Waals surface area contributed by atoms with Gasteiger partial charge in [0.1, 0.15) is 0 Å². The smallest absolute Gasteiger partial charge is 0.239 e. The number of nitrogens with one attached hydrogen (secondary N) is 3. The van der Waals surface area contributed by atoms with Crippen molar-refractivity contribution in [3.63, 3.8) is 0 Å². The number of amides is 3. The van der Waals surface area contributed by atoms with E-state index in [1.54, 1.807) is 22.6 Å². The van der Waals surface area contributed by atoms with Crippen LogP contribution >= 0.6 is 22.6 Å². The highest BCUT2D eigenvalue weighted by molar-refractivity contribution is 14.1. The topological polar surface area (TPSA) is 104 Å². The van der Waals surface area contributed by atoms with Gasteiger partial charge in [-0.2, -0.15) is 0 Å². The van der Waals surface area contributed by atoms with Gasteiger partial charge in [-0.15, -0.1) is 0 Å². The molecule has 0 saturated heterocycles. The molecule has 0 aliphatic carbocycles. The summed E-state index contributed by atoms with van der Waals surface area (Å²) in [5, 5.41) is 7.12. The third-order valence-corrected chi connectivity index (χ3v) is 2.29. The van der Waals surface area contributed by atoms with Gasteiger partial charge >= 0.3 is 0 Å². The monoisotopic (exact) mass is 383 g/mol. The molecule has 0 bridgehead atoms. The summed E-state index contributed by atoms with van der Waals surface area (Å²) in [5.74, 6) is -0.885. The molecule has 0 rings (SSSR count). The predicted octanol–water partition coefficient (Wildman–Crippen LogP) is -0.657. The lowest BCUT2D eigenvalue weighted by molar-refractivity contribution is -0.128. The van der Waals surface area contributed by atoms with Crippen LogP contribution in [-0.2, 0) is 19.2 Å². The van der Waals surface area contributed by atoms with E-state index in [-0.39, 0.29) is 35.2 Å². The Morgan fingerprint density at radius 1 is 0.842 bits per heavy atom. The van der Waals surface area contributed by atoms with Crippen LogP contribution in [0.25, 0.3) is 0 Å². The van der Waals surface area contributed by atoms with E-state index in [0.717, 1.165) is 0 Å². The summed E-state index contributed by atoms with van der Waals surface area (Å²) in [6, 6.07) is 0. The van der Waals surface area contributed by atoms with Crippen molar-refractivity contribution in [2.24, 2.45) is 5.92 Å². The summed E-state index contributed by atoms with van der Waals surface area (Å²) in [6.45, 7) is 3.35. The molecule has 0 aromatic rings. The molecule has 0 aliphatic rings. The minimum Gasteiger partial charge on any atom is -0.347 e. The molecule has 0 atom stereocenters. The Kier molecular flexibility index (Phi) is 9.09. The van der Waals surface area contributed by atoms with Crippen molar-refractivity contribution in [3.8, 4) is 0 Å². The lowest BCUT2D eigenvalue weighted by Gasteiger charge is -2.08. The number of carbonyl (C=O) groups excluding carboxylic acids is 4. The molecule has 7 nitrogen and oxygen atoms in total. The van der Waals surface area contributed by atoms with Gasteiger partial charge in [0.05, 0.1) is 19.6 Å². The number of rotatable bonds is 8. The number of hydrogen-bond acceptors (Lipinski definition) is 4. The van der Waals surface area contributed by atoms with Gasteiger partial charge in [0.2, 0.25) is 21.5 Å². The molecule has 108 valence electrons. The summed E-state index contributed by atoms with van der Waals surface area (Å²) in [6.07, 6.45) is 0.353. The van der Waals surface area contributed by atoms with Gasteiger partial charge in [-0.1, -0.05) is 13.8 Å². The van der Waals surface area contributed by atoms with Gasteiger partial charge in [-0.05, 0) is 5.92 Å². The van der Waals surface area contributed by atoms with Crippen molar-refractivity contribution >= 4 is 44.1 Å². The zero-order chi connectivity index (χ0) is 14.8. The second kappa shape index (κ2) is 9.70. The summed E-state index contributed by atoms with van der Waals surface area (Å²) >= 11 is 1.56. The van der Waals surface area contributed by atoms with Gasteiger partial charge in [-0.25, -0.2) is 0 Å². The first kappa shape index (κ1) is 17.8. The molecule has 0 saturated carbocycles. The van der Waals surface area contributed by atoms with Crippen LogP contribution in [0.15, 0.2) is 0 Å². The van der Waals surface area contributed by atoms with Crippen molar-refractivity contribution in [2.75, 3.05) is 19.6 Å². The van der Waals surface area contributed by atoms with E-state index in [1.165, 1.54) is 0 Å². The Morgan fingerprint density at radius 2 is 1.26 bits per heavy atom. The Labute approximate surface area is 125 Å². The zero-order valence-corrected chi connectivity index (χ0v) is 13.1. The van der Waals surface area contributed by atoms with Gasteiger partial charge in [0.25, 0.3) is 0 Å². The molecule has 0 aromatic carbocycles. The molecular formula is C11H18IN3O4. The number of hydrogen-bond donors (Lipinski definition) is 3. The van der Waals surface area contributed by atoms with E-state index in [9.17, 15) is 19.2 Å². The first-order valence-corrected chi connectivity index (χ1v) is 6.87. The third kappa shape index (κ3) is 11.6. The quantitative estimate of drug-likeness (QED) is 0.383. The fourth-order valence-corrected chi connectivity index (χ4v) is 1.28. The van der Waals surface area contributed by atoms with E-state index in [1.807, 2.05) is 13.8 Å². The summed E-state index contributed by atoms with van der Waals surface area (Å²) < 4.78 is -0.196. The minimum absolute atomic E-state index is 0.0691. The molecule has 0 aliphatic heterocycles. The number of carbonyl (C=O) groups is 4. The fraction of sp³-hybridized carbons (Fsp3) is 0.636. The van der Waals surface area contributed by atoms with Crippen molar-refractivity contribution < 1.29 is 19.2 Å². The largest absolute Gasteiger partial charge is 0.347 e. The van der Waals surface area contributed by atoms with Crippen molar-refractivity contribution in [3.05, 3.63) is 0 Å². The Morgan fingerprint density at radius 3 is 1.68 bits per heavy atom. The average Bonchev–Trinajstić information content (AvgIpc) is 2.30. The van der Waals surface area contributed by atoms with Crippen LogP contribution in [-0.4, -0.2) is 41.1 Å².